The number of hydrogen-bond donors (Lipinski definition) is 2. The van der Waals surface area contributed by atoms with Crippen LogP contribution in [0.5, 0.6) is 0 Å². The predicted octanol–water partition coefficient (Wildman–Crippen LogP) is 1.08. The van der Waals surface area contributed by atoms with E-state index in [1.165, 1.54) is 18.9 Å². The Hall–Kier alpha value is -1.93. The van der Waals surface area contributed by atoms with Crippen LogP contribution in [0, 0.1) is 5.82 Å². The molecule has 0 amide bonds. The van der Waals surface area contributed by atoms with E-state index in [4.69, 9.17) is 4.74 Å². The van der Waals surface area contributed by atoms with Crippen LogP contribution in [0.1, 0.15) is 19.3 Å². The van der Waals surface area contributed by atoms with Crippen LogP contribution in [-0.2, 0) is 4.74 Å². The highest BCUT2D eigenvalue weighted by molar-refractivity contribution is 5.80. The molecule has 3 rings (SSSR count). The molecule has 150 valence electrons. The van der Waals surface area contributed by atoms with Crippen LogP contribution in [0.25, 0.3) is 0 Å². The van der Waals surface area contributed by atoms with Gasteiger partial charge in [0.1, 0.15) is 0 Å². The lowest BCUT2D eigenvalue weighted by atomic mass is 10.2. The molecule has 7 nitrogen and oxygen atoms in total. The van der Waals surface area contributed by atoms with Gasteiger partial charge in [0.2, 0.25) is 0 Å². The third-order valence-corrected chi connectivity index (χ3v) is 5.38. The number of aromatic nitrogens is 1. The average molecular weight is 378 g/mol. The second-order valence-corrected chi connectivity index (χ2v) is 7.16. The van der Waals surface area contributed by atoms with Crippen LogP contribution in [0.4, 0.5) is 10.2 Å². The first-order chi connectivity index (χ1) is 13.2. The summed E-state index contributed by atoms with van der Waals surface area (Å²) in [6.45, 7) is 5.26. The van der Waals surface area contributed by atoms with Crippen molar-refractivity contribution >= 4 is 11.8 Å². The largest absolute Gasteiger partial charge is 0.383 e. The van der Waals surface area contributed by atoms with Gasteiger partial charge < -0.3 is 20.3 Å². The minimum Gasteiger partial charge on any atom is -0.383 e. The van der Waals surface area contributed by atoms with Gasteiger partial charge in [0.05, 0.1) is 6.61 Å². The lowest BCUT2D eigenvalue weighted by Crippen LogP contribution is -2.48. The molecule has 2 unspecified atom stereocenters. The molecule has 0 bridgehead atoms. The maximum atomic E-state index is 13.9. The van der Waals surface area contributed by atoms with Gasteiger partial charge in [-0.1, -0.05) is 0 Å². The van der Waals surface area contributed by atoms with E-state index in [1.54, 1.807) is 26.4 Å². The molecule has 0 spiro atoms. The van der Waals surface area contributed by atoms with E-state index in [1.807, 2.05) is 4.90 Å². The number of aliphatic imine (C=N–C) groups is 1. The van der Waals surface area contributed by atoms with Crippen LogP contribution < -0.4 is 15.5 Å². The summed E-state index contributed by atoms with van der Waals surface area (Å²) >= 11 is 0. The Labute approximate surface area is 161 Å². The number of rotatable bonds is 7. The third kappa shape index (κ3) is 5.29. The molecule has 2 saturated heterocycles. The molecule has 2 fully saturated rings. The van der Waals surface area contributed by atoms with Crippen molar-refractivity contribution < 1.29 is 9.13 Å². The van der Waals surface area contributed by atoms with E-state index in [-0.39, 0.29) is 11.9 Å². The molecule has 0 saturated carbocycles. The van der Waals surface area contributed by atoms with E-state index < -0.39 is 0 Å². The molecule has 0 aliphatic carbocycles. The Kier molecular flexibility index (Phi) is 7.23. The minimum absolute atomic E-state index is 0.228. The molecule has 1 aromatic rings. The predicted molar refractivity (Wildman–Crippen MR) is 106 cm³/mol. The van der Waals surface area contributed by atoms with Crippen molar-refractivity contribution in [1.29, 1.82) is 0 Å². The van der Waals surface area contributed by atoms with E-state index in [9.17, 15) is 4.39 Å². The number of nitrogens with zero attached hydrogens (tertiary/aromatic N) is 4. The molecule has 3 heterocycles. The molecular formula is C19H31FN6O. The maximum absolute atomic E-state index is 13.9. The SMILES string of the molecule is CN=C(NCC1CCCN1CCOC)NC1CCN(c2ncccc2F)C1. The molecule has 2 atom stereocenters. The fourth-order valence-corrected chi connectivity index (χ4v) is 3.91. The molecule has 0 radical (unpaired) electrons. The van der Waals surface area contributed by atoms with Crippen molar-refractivity contribution in [2.24, 2.45) is 4.99 Å². The summed E-state index contributed by atoms with van der Waals surface area (Å²) in [6, 6.07) is 3.82. The van der Waals surface area contributed by atoms with Crippen LogP contribution >= 0.6 is 0 Å². The number of halogens is 1. The fourth-order valence-electron chi connectivity index (χ4n) is 3.91. The van der Waals surface area contributed by atoms with Crippen molar-refractivity contribution in [2.45, 2.75) is 31.3 Å². The molecular weight excluding hydrogens is 347 g/mol. The Morgan fingerprint density at radius 1 is 1.41 bits per heavy atom. The molecule has 2 aliphatic heterocycles. The molecule has 2 N–H and O–H groups in total. The Morgan fingerprint density at radius 3 is 3.07 bits per heavy atom. The summed E-state index contributed by atoms with van der Waals surface area (Å²) < 4.78 is 19.1. The molecule has 8 heteroatoms. The van der Waals surface area contributed by atoms with Gasteiger partial charge in [-0.3, -0.25) is 9.89 Å². The Morgan fingerprint density at radius 2 is 2.30 bits per heavy atom. The summed E-state index contributed by atoms with van der Waals surface area (Å²) in [7, 11) is 3.54. The van der Waals surface area contributed by atoms with Crippen molar-refractivity contribution in [3.8, 4) is 0 Å². The molecule has 27 heavy (non-hydrogen) atoms. The number of hydrogen-bond acceptors (Lipinski definition) is 5. The number of ether oxygens (including phenoxy) is 1. The maximum Gasteiger partial charge on any atom is 0.191 e. The lowest BCUT2D eigenvalue weighted by molar-refractivity contribution is 0.141. The summed E-state index contributed by atoms with van der Waals surface area (Å²) in [5.74, 6) is 0.976. The zero-order valence-electron chi connectivity index (χ0n) is 16.3. The smallest absolute Gasteiger partial charge is 0.191 e. The van der Waals surface area contributed by atoms with Gasteiger partial charge in [0.25, 0.3) is 0 Å². The molecule has 1 aromatic heterocycles. The number of pyridine rings is 1. The van der Waals surface area contributed by atoms with Crippen molar-refractivity contribution in [1.82, 2.24) is 20.5 Å². The summed E-state index contributed by atoms with van der Waals surface area (Å²) in [5.41, 5.74) is 0. The van der Waals surface area contributed by atoms with Crippen LogP contribution in [-0.4, -0.2) is 81.4 Å². The van der Waals surface area contributed by atoms with Gasteiger partial charge in [0.15, 0.2) is 17.6 Å². The number of nitrogens with one attached hydrogen (secondary N) is 2. The second kappa shape index (κ2) is 9.85. The first kappa shape index (κ1) is 19.8. The third-order valence-electron chi connectivity index (χ3n) is 5.38. The highest BCUT2D eigenvalue weighted by Crippen LogP contribution is 2.21. The van der Waals surface area contributed by atoms with Crippen LogP contribution in [0.2, 0.25) is 0 Å². The highest BCUT2D eigenvalue weighted by Gasteiger charge is 2.27. The first-order valence-electron chi connectivity index (χ1n) is 9.77. The highest BCUT2D eigenvalue weighted by atomic mass is 19.1. The van der Waals surface area contributed by atoms with Crippen molar-refractivity contribution in [3.05, 3.63) is 24.1 Å². The van der Waals surface area contributed by atoms with Crippen LogP contribution in [0.15, 0.2) is 23.3 Å². The summed E-state index contributed by atoms with van der Waals surface area (Å²) in [6.07, 6.45) is 5.00. The fraction of sp³-hybridized carbons (Fsp3) is 0.684. The molecule has 2 aliphatic rings. The number of anilines is 1. The summed E-state index contributed by atoms with van der Waals surface area (Å²) in [5, 5.41) is 6.93. The van der Waals surface area contributed by atoms with Gasteiger partial charge in [-0.15, -0.1) is 0 Å². The summed E-state index contributed by atoms with van der Waals surface area (Å²) in [4.78, 5) is 13.0. The van der Waals surface area contributed by atoms with Crippen molar-refractivity contribution in [2.75, 3.05) is 58.4 Å². The minimum atomic E-state index is -0.266. The Bertz CT molecular complexity index is 628. The monoisotopic (exact) mass is 378 g/mol. The van der Waals surface area contributed by atoms with Crippen LogP contribution in [0.3, 0.4) is 0 Å². The first-order valence-corrected chi connectivity index (χ1v) is 9.77. The van der Waals surface area contributed by atoms with Gasteiger partial charge >= 0.3 is 0 Å². The van der Waals surface area contributed by atoms with E-state index in [2.05, 4.69) is 25.5 Å². The van der Waals surface area contributed by atoms with Gasteiger partial charge in [-0.25, -0.2) is 9.37 Å². The standard InChI is InChI=1S/C19H31FN6O/c1-21-19(23-13-16-5-4-9-25(16)11-12-27-2)24-15-7-10-26(14-15)18-17(20)6-3-8-22-18/h3,6,8,15-16H,4-5,7,9-14H2,1-2H3,(H2,21,23,24). The van der Waals surface area contributed by atoms with E-state index in [0.717, 1.165) is 51.7 Å². The second-order valence-electron chi connectivity index (χ2n) is 7.16. The number of guanidine groups is 1. The number of methoxy groups -OCH3 is 1. The van der Waals surface area contributed by atoms with E-state index in [0.29, 0.717) is 11.9 Å². The lowest BCUT2D eigenvalue weighted by Gasteiger charge is -2.26. The topological polar surface area (TPSA) is 65.0 Å². The molecule has 0 aromatic carbocycles. The zero-order chi connectivity index (χ0) is 19.1. The van der Waals surface area contributed by atoms with Gasteiger partial charge in [-0.05, 0) is 37.9 Å². The average Bonchev–Trinajstić information content (AvgIpc) is 3.33. The van der Waals surface area contributed by atoms with Gasteiger partial charge in [-0.2, -0.15) is 0 Å². The normalized spacial score (nSPS) is 23.8. The van der Waals surface area contributed by atoms with Gasteiger partial charge in [0, 0.05) is 58.6 Å². The van der Waals surface area contributed by atoms with Crippen molar-refractivity contribution in [3.63, 3.8) is 0 Å². The Balaban J connectivity index is 1.46. The quantitative estimate of drug-likeness (QED) is 0.547. The number of likely N-dealkylation sites (tertiary alicyclic amines) is 1. The van der Waals surface area contributed by atoms with E-state index >= 15 is 0 Å². The zero-order valence-corrected chi connectivity index (χ0v) is 16.3.